The molecule has 1 aromatic carbocycles. The number of amides is 2. The van der Waals surface area contributed by atoms with Crippen molar-refractivity contribution in [3.05, 3.63) is 29.8 Å². The van der Waals surface area contributed by atoms with E-state index in [4.69, 9.17) is 21.3 Å². The van der Waals surface area contributed by atoms with Gasteiger partial charge in [-0.25, -0.2) is 9.63 Å². The van der Waals surface area contributed by atoms with Gasteiger partial charge in [0.05, 0.1) is 13.7 Å². The minimum absolute atomic E-state index is 0.202. The van der Waals surface area contributed by atoms with Crippen LogP contribution in [0.15, 0.2) is 24.3 Å². The van der Waals surface area contributed by atoms with Gasteiger partial charge in [0.1, 0.15) is 23.9 Å². The number of carbonyl (C=O) groups is 3. The van der Waals surface area contributed by atoms with Gasteiger partial charge in [0.2, 0.25) is 11.8 Å². The standard InChI is InChI=1S/C22H32ClN3O5S/c1-14(2)19-21(28)24-18(22(29)30-3)13-32-11-5-4-10-31-16-8-6-15(7-9-16)12-17(26-23)20(27)25-19/h6-9,14,17-19,26H,4-5,10-13H2,1-3H3,(H,24,28)(H,25,27)/t17-,18-,19-/m0/s1. The minimum atomic E-state index is -0.829. The molecular weight excluding hydrogens is 454 g/mol. The summed E-state index contributed by atoms with van der Waals surface area (Å²) < 4.78 is 10.6. The molecule has 0 aliphatic carbocycles. The summed E-state index contributed by atoms with van der Waals surface area (Å²) >= 11 is 7.41. The van der Waals surface area contributed by atoms with Crippen molar-refractivity contribution in [2.45, 2.75) is 51.2 Å². The van der Waals surface area contributed by atoms with Crippen LogP contribution in [-0.2, 0) is 25.5 Å². The lowest BCUT2D eigenvalue weighted by molar-refractivity contribution is -0.144. The number of ether oxygens (including phenoxy) is 2. The molecule has 0 saturated carbocycles. The molecule has 2 aliphatic rings. The summed E-state index contributed by atoms with van der Waals surface area (Å²) in [4.78, 5) is 40.5. The number of carbonyl (C=O) groups excluding carboxylic acids is 3. The first-order valence-corrected chi connectivity index (χ1v) is 12.2. The Morgan fingerprint density at radius 1 is 1.19 bits per heavy atom. The van der Waals surface area contributed by atoms with Gasteiger partial charge in [0.15, 0.2) is 0 Å². The summed E-state index contributed by atoms with van der Waals surface area (Å²) in [6, 6.07) is 5.14. The first-order valence-electron chi connectivity index (χ1n) is 10.7. The Kier molecular flexibility index (Phi) is 11.1. The number of rotatable bonds is 3. The maximum Gasteiger partial charge on any atom is 0.329 e. The summed E-state index contributed by atoms with van der Waals surface area (Å²) in [6.07, 6.45) is 2.12. The van der Waals surface area contributed by atoms with E-state index in [0.717, 1.165) is 29.9 Å². The van der Waals surface area contributed by atoms with Gasteiger partial charge in [-0.2, -0.15) is 11.8 Å². The van der Waals surface area contributed by atoms with Gasteiger partial charge in [-0.05, 0) is 60.4 Å². The van der Waals surface area contributed by atoms with Crippen LogP contribution in [0.4, 0.5) is 0 Å². The number of nitrogens with one attached hydrogen (secondary N) is 3. The van der Waals surface area contributed by atoms with Crippen LogP contribution in [0.25, 0.3) is 0 Å². The third-order valence-electron chi connectivity index (χ3n) is 5.10. The number of hydrogen-bond acceptors (Lipinski definition) is 7. The number of halogens is 1. The quantitative estimate of drug-likeness (QED) is 0.444. The van der Waals surface area contributed by atoms with Crippen molar-refractivity contribution in [1.29, 1.82) is 0 Å². The van der Waals surface area contributed by atoms with E-state index in [1.165, 1.54) is 7.11 Å². The molecule has 0 radical (unpaired) electrons. The highest BCUT2D eigenvalue weighted by Gasteiger charge is 2.31. The Morgan fingerprint density at radius 3 is 2.53 bits per heavy atom. The van der Waals surface area contributed by atoms with Gasteiger partial charge in [-0.1, -0.05) is 26.0 Å². The van der Waals surface area contributed by atoms with Crippen molar-refractivity contribution in [3.8, 4) is 5.75 Å². The molecule has 10 heteroatoms. The van der Waals surface area contributed by atoms with E-state index in [-0.39, 0.29) is 5.92 Å². The lowest BCUT2D eigenvalue weighted by atomic mass is 10.0. The van der Waals surface area contributed by atoms with Crippen LogP contribution in [0.1, 0.15) is 32.3 Å². The highest BCUT2D eigenvalue weighted by Crippen LogP contribution is 2.16. The van der Waals surface area contributed by atoms with Crippen LogP contribution in [0.5, 0.6) is 5.75 Å². The lowest BCUT2D eigenvalue weighted by Crippen LogP contribution is -2.57. The monoisotopic (exact) mass is 485 g/mol. The van der Waals surface area contributed by atoms with Crippen LogP contribution in [-0.4, -0.2) is 61.1 Å². The fourth-order valence-corrected chi connectivity index (χ4v) is 4.40. The molecule has 0 saturated heterocycles. The minimum Gasteiger partial charge on any atom is -0.494 e. The second kappa shape index (κ2) is 13.5. The molecule has 178 valence electrons. The Balaban J connectivity index is 2.22. The smallest absolute Gasteiger partial charge is 0.329 e. The molecule has 2 bridgehead atoms. The van der Waals surface area contributed by atoms with Crippen molar-refractivity contribution in [1.82, 2.24) is 15.5 Å². The summed E-state index contributed by atoms with van der Waals surface area (Å²) in [5, 5.41) is 5.50. The highest BCUT2D eigenvalue weighted by atomic mass is 35.5. The average Bonchev–Trinajstić information content (AvgIpc) is 2.78. The number of thioether (sulfide) groups is 1. The number of hydrogen-bond donors (Lipinski definition) is 3. The third-order valence-corrected chi connectivity index (χ3v) is 6.51. The number of esters is 1. The summed E-state index contributed by atoms with van der Waals surface area (Å²) in [5.41, 5.74) is 0.899. The van der Waals surface area contributed by atoms with Gasteiger partial charge >= 0.3 is 5.97 Å². The number of methoxy groups -OCH3 is 1. The van der Waals surface area contributed by atoms with Crippen LogP contribution in [0, 0.1) is 5.92 Å². The van der Waals surface area contributed by atoms with Crippen LogP contribution >= 0.6 is 23.5 Å². The first kappa shape index (κ1) is 26.3. The van der Waals surface area contributed by atoms with Crippen LogP contribution < -0.4 is 20.2 Å². The van der Waals surface area contributed by atoms with Crippen LogP contribution in [0.2, 0.25) is 0 Å². The highest BCUT2D eigenvalue weighted by molar-refractivity contribution is 7.99. The average molecular weight is 486 g/mol. The maximum atomic E-state index is 12.9. The number of benzene rings is 1. The Bertz CT molecular complexity index is 762. The molecule has 2 aliphatic heterocycles. The molecule has 32 heavy (non-hydrogen) atoms. The summed E-state index contributed by atoms with van der Waals surface area (Å²) in [6.45, 7) is 4.23. The molecule has 8 nitrogen and oxygen atoms in total. The van der Waals surface area contributed by atoms with Gasteiger partial charge in [-0.3, -0.25) is 9.59 Å². The molecule has 2 heterocycles. The van der Waals surface area contributed by atoms with E-state index in [1.54, 1.807) is 11.8 Å². The zero-order valence-electron chi connectivity index (χ0n) is 18.7. The van der Waals surface area contributed by atoms with E-state index >= 15 is 0 Å². The van der Waals surface area contributed by atoms with E-state index in [1.807, 2.05) is 38.1 Å². The van der Waals surface area contributed by atoms with E-state index < -0.39 is 35.9 Å². The topological polar surface area (TPSA) is 106 Å². The molecule has 0 unspecified atom stereocenters. The summed E-state index contributed by atoms with van der Waals surface area (Å²) in [5.74, 6) is 0.399. The van der Waals surface area contributed by atoms with Crippen molar-refractivity contribution in [2.24, 2.45) is 5.92 Å². The lowest BCUT2D eigenvalue weighted by Gasteiger charge is -2.26. The van der Waals surface area contributed by atoms with E-state index in [9.17, 15) is 14.4 Å². The van der Waals surface area contributed by atoms with Crippen molar-refractivity contribution < 1.29 is 23.9 Å². The second-order valence-corrected chi connectivity index (χ2v) is 9.32. The normalized spacial score (nSPS) is 23.8. The molecule has 3 atom stereocenters. The van der Waals surface area contributed by atoms with Gasteiger partial charge in [0, 0.05) is 5.75 Å². The van der Waals surface area contributed by atoms with Gasteiger partial charge in [-0.15, -0.1) is 0 Å². The first-order chi connectivity index (χ1) is 15.3. The molecule has 0 spiro atoms. The molecule has 3 N–H and O–H groups in total. The van der Waals surface area contributed by atoms with E-state index in [0.29, 0.717) is 18.8 Å². The Labute approximate surface area is 198 Å². The van der Waals surface area contributed by atoms with Crippen molar-refractivity contribution >= 4 is 41.3 Å². The van der Waals surface area contributed by atoms with Crippen molar-refractivity contribution in [2.75, 3.05) is 25.2 Å². The molecule has 2 amide bonds. The molecule has 1 aromatic rings. The molecule has 0 fully saturated rings. The predicted molar refractivity (Wildman–Crippen MR) is 126 cm³/mol. The van der Waals surface area contributed by atoms with Crippen LogP contribution in [0.3, 0.4) is 0 Å². The molecular formula is C22H32ClN3O5S. The zero-order chi connectivity index (χ0) is 23.5. The third kappa shape index (κ3) is 8.18. The maximum absolute atomic E-state index is 12.9. The Morgan fingerprint density at radius 2 is 1.91 bits per heavy atom. The van der Waals surface area contributed by atoms with Crippen molar-refractivity contribution in [3.63, 3.8) is 0 Å². The fraction of sp³-hybridized carbons (Fsp3) is 0.591. The van der Waals surface area contributed by atoms with E-state index in [2.05, 4.69) is 15.5 Å². The SMILES string of the molecule is COC(=O)[C@@H]1CSCCCCOc2ccc(cc2)C[C@H](NCl)C(=O)N[C@@H](C(C)C)C(=O)N1. The largest absolute Gasteiger partial charge is 0.494 e. The molecule has 3 rings (SSSR count). The second-order valence-electron chi connectivity index (χ2n) is 7.95. The predicted octanol–water partition coefficient (Wildman–Crippen LogP) is 2.05. The summed E-state index contributed by atoms with van der Waals surface area (Å²) in [7, 11) is 1.29. The fourth-order valence-electron chi connectivity index (χ4n) is 3.20. The number of fused-ring (bicyclic) bond motifs is 16. The Hall–Kier alpha value is -1.97. The molecule has 0 aromatic heterocycles. The van der Waals surface area contributed by atoms with Gasteiger partial charge in [0.25, 0.3) is 0 Å². The zero-order valence-corrected chi connectivity index (χ0v) is 20.3. The van der Waals surface area contributed by atoms with Gasteiger partial charge < -0.3 is 20.1 Å².